The van der Waals surface area contributed by atoms with E-state index in [1.807, 2.05) is 78.1 Å². The maximum Gasteiger partial charge on any atom is 0.236 e. The second-order valence-corrected chi connectivity index (χ2v) is 8.18. The van der Waals surface area contributed by atoms with Crippen LogP contribution in [0.3, 0.4) is 0 Å². The van der Waals surface area contributed by atoms with Gasteiger partial charge in [0.1, 0.15) is 0 Å². The Morgan fingerprint density at radius 3 is 2.61 bits per heavy atom. The lowest BCUT2D eigenvalue weighted by Gasteiger charge is -2.08. The monoisotopic (exact) mass is 410 g/mol. The number of thiazole rings is 1. The SMILES string of the molecule is Cc1sc(NC(=O)CSc2nnc(C)n2-n2cccc2)nc1-c1ccccc1. The van der Waals surface area contributed by atoms with Crippen molar-refractivity contribution in [3.05, 3.63) is 65.6 Å². The van der Waals surface area contributed by atoms with E-state index in [1.165, 1.54) is 23.1 Å². The molecule has 0 radical (unpaired) electrons. The first-order valence-electron chi connectivity index (χ1n) is 8.63. The van der Waals surface area contributed by atoms with E-state index in [9.17, 15) is 4.79 Å². The molecule has 4 aromatic rings. The van der Waals surface area contributed by atoms with Gasteiger partial charge in [-0.25, -0.2) is 9.66 Å². The lowest BCUT2D eigenvalue weighted by atomic mass is 10.1. The predicted molar refractivity (Wildman–Crippen MR) is 112 cm³/mol. The number of aryl methyl sites for hydroxylation is 2. The quantitative estimate of drug-likeness (QED) is 0.488. The normalized spacial score (nSPS) is 10.9. The highest BCUT2D eigenvalue weighted by molar-refractivity contribution is 7.99. The first-order valence-corrected chi connectivity index (χ1v) is 10.4. The van der Waals surface area contributed by atoms with Crippen LogP contribution in [-0.2, 0) is 4.79 Å². The summed E-state index contributed by atoms with van der Waals surface area (Å²) in [7, 11) is 0. The van der Waals surface area contributed by atoms with Crippen molar-refractivity contribution in [2.45, 2.75) is 19.0 Å². The number of thioether (sulfide) groups is 1. The molecule has 0 atom stereocenters. The highest BCUT2D eigenvalue weighted by atomic mass is 32.2. The molecule has 7 nitrogen and oxygen atoms in total. The minimum atomic E-state index is -0.127. The Balaban J connectivity index is 1.43. The van der Waals surface area contributed by atoms with Gasteiger partial charge in [0, 0.05) is 22.8 Å². The smallest absolute Gasteiger partial charge is 0.236 e. The molecule has 3 heterocycles. The molecule has 1 amide bonds. The third-order valence-corrected chi connectivity index (χ3v) is 5.82. The molecule has 4 rings (SSSR count). The van der Waals surface area contributed by atoms with Crippen molar-refractivity contribution in [2.75, 3.05) is 11.1 Å². The van der Waals surface area contributed by atoms with E-state index < -0.39 is 0 Å². The Morgan fingerprint density at radius 1 is 1.11 bits per heavy atom. The first-order chi connectivity index (χ1) is 13.6. The van der Waals surface area contributed by atoms with Gasteiger partial charge in [0.05, 0.1) is 11.4 Å². The largest absolute Gasteiger partial charge is 0.301 e. The Hall–Kier alpha value is -2.91. The van der Waals surface area contributed by atoms with Gasteiger partial charge in [0.2, 0.25) is 11.1 Å². The Kier molecular flexibility index (Phi) is 5.27. The average Bonchev–Trinajstić information content (AvgIpc) is 3.41. The number of rotatable bonds is 6. The molecular formula is C19H18N6OS2. The van der Waals surface area contributed by atoms with Gasteiger partial charge >= 0.3 is 0 Å². The van der Waals surface area contributed by atoms with Crippen molar-refractivity contribution in [3.8, 4) is 11.3 Å². The zero-order chi connectivity index (χ0) is 19.5. The second kappa shape index (κ2) is 7.99. The summed E-state index contributed by atoms with van der Waals surface area (Å²) in [6.45, 7) is 3.88. The summed E-state index contributed by atoms with van der Waals surface area (Å²) in [4.78, 5) is 18.1. The maximum absolute atomic E-state index is 12.4. The summed E-state index contributed by atoms with van der Waals surface area (Å²) in [6.07, 6.45) is 3.81. The Bertz CT molecular complexity index is 1090. The van der Waals surface area contributed by atoms with Crippen LogP contribution in [0, 0.1) is 13.8 Å². The molecular weight excluding hydrogens is 392 g/mol. The van der Waals surface area contributed by atoms with Gasteiger partial charge < -0.3 is 5.32 Å². The van der Waals surface area contributed by atoms with Crippen molar-refractivity contribution >= 4 is 34.1 Å². The number of amides is 1. The van der Waals surface area contributed by atoms with Crippen LogP contribution in [0.4, 0.5) is 5.13 Å². The minimum absolute atomic E-state index is 0.127. The number of nitrogens with zero attached hydrogens (tertiary/aromatic N) is 5. The van der Waals surface area contributed by atoms with Gasteiger partial charge in [-0.05, 0) is 26.0 Å². The standard InChI is InChI=1S/C19H18N6OS2/c1-13-17(15-8-4-3-5-9-15)21-18(28-13)20-16(26)12-27-19-23-22-14(2)25(19)24-10-6-7-11-24/h3-11H,12H2,1-2H3,(H,20,21,26). The van der Waals surface area contributed by atoms with E-state index in [0.29, 0.717) is 10.3 Å². The third kappa shape index (κ3) is 3.85. The average molecular weight is 411 g/mol. The van der Waals surface area contributed by atoms with Crippen LogP contribution in [0.15, 0.2) is 60.0 Å². The van der Waals surface area contributed by atoms with Gasteiger partial charge in [-0.15, -0.1) is 21.5 Å². The summed E-state index contributed by atoms with van der Waals surface area (Å²) < 4.78 is 3.74. The molecule has 0 saturated heterocycles. The fourth-order valence-corrected chi connectivity index (χ4v) is 4.38. The molecule has 0 unspecified atom stereocenters. The fourth-order valence-electron chi connectivity index (χ4n) is 2.75. The molecule has 0 bridgehead atoms. The molecule has 142 valence electrons. The van der Waals surface area contributed by atoms with Crippen LogP contribution >= 0.6 is 23.1 Å². The number of carbonyl (C=O) groups is 1. The van der Waals surface area contributed by atoms with Crippen molar-refractivity contribution in [2.24, 2.45) is 0 Å². The first kappa shape index (κ1) is 18.5. The van der Waals surface area contributed by atoms with E-state index >= 15 is 0 Å². The third-order valence-electron chi connectivity index (χ3n) is 4.01. The number of aromatic nitrogens is 5. The summed E-state index contributed by atoms with van der Waals surface area (Å²) >= 11 is 2.81. The molecule has 0 aliphatic heterocycles. The van der Waals surface area contributed by atoms with Crippen LogP contribution in [0.5, 0.6) is 0 Å². The van der Waals surface area contributed by atoms with Crippen LogP contribution < -0.4 is 5.32 Å². The van der Waals surface area contributed by atoms with Crippen LogP contribution in [0.1, 0.15) is 10.7 Å². The number of anilines is 1. The maximum atomic E-state index is 12.4. The Morgan fingerprint density at radius 2 is 1.86 bits per heavy atom. The van der Waals surface area contributed by atoms with Crippen molar-refractivity contribution < 1.29 is 4.79 Å². The summed E-state index contributed by atoms with van der Waals surface area (Å²) in [5.41, 5.74) is 1.94. The van der Waals surface area contributed by atoms with E-state index in [-0.39, 0.29) is 11.7 Å². The molecule has 0 aliphatic rings. The lowest BCUT2D eigenvalue weighted by molar-refractivity contribution is -0.113. The van der Waals surface area contributed by atoms with E-state index in [0.717, 1.165) is 22.0 Å². The summed E-state index contributed by atoms with van der Waals surface area (Å²) in [5, 5.41) is 12.4. The van der Waals surface area contributed by atoms with Gasteiger partial charge in [0.25, 0.3) is 0 Å². The number of hydrogen-bond acceptors (Lipinski definition) is 6. The minimum Gasteiger partial charge on any atom is -0.301 e. The molecule has 1 aromatic carbocycles. The molecule has 3 aromatic heterocycles. The second-order valence-electron chi connectivity index (χ2n) is 6.03. The number of nitrogens with one attached hydrogen (secondary N) is 1. The van der Waals surface area contributed by atoms with Crippen molar-refractivity contribution in [3.63, 3.8) is 0 Å². The van der Waals surface area contributed by atoms with E-state index in [1.54, 1.807) is 0 Å². The van der Waals surface area contributed by atoms with E-state index in [2.05, 4.69) is 20.5 Å². The number of hydrogen-bond donors (Lipinski definition) is 1. The summed E-state index contributed by atoms with van der Waals surface area (Å²) in [5.74, 6) is 0.846. The van der Waals surface area contributed by atoms with Crippen molar-refractivity contribution in [1.29, 1.82) is 0 Å². The fraction of sp³-hybridized carbons (Fsp3) is 0.158. The highest BCUT2D eigenvalue weighted by Crippen LogP contribution is 2.30. The summed E-state index contributed by atoms with van der Waals surface area (Å²) in [6, 6.07) is 13.8. The lowest BCUT2D eigenvalue weighted by Crippen LogP contribution is -2.15. The molecule has 9 heteroatoms. The number of carbonyl (C=O) groups excluding carboxylic acids is 1. The number of benzene rings is 1. The van der Waals surface area contributed by atoms with Crippen LogP contribution in [-0.4, -0.2) is 36.2 Å². The molecule has 0 aliphatic carbocycles. The molecule has 0 spiro atoms. The highest BCUT2D eigenvalue weighted by Gasteiger charge is 2.15. The molecule has 0 saturated carbocycles. The van der Waals surface area contributed by atoms with Crippen LogP contribution in [0.25, 0.3) is 11.3 Å². The Labute approximate surface area is 170 Å². The zero-order valence-electron chi connectivity index (χ0n) is 15.4. The zero-order valence-corrected chi connectivity index (χ0v) is 17.0. The van der Waals surface area contributed by atoms with E-state index in [4.69, 9.17) is 0 Å². The van der Waals surface area contributed by atoms with Crippen molar-refractivity contribution in [1.82, 2.24) is 24.5 Å². The van der Waals surface area contributed by atoms with Gasteiger partial charge in [-0.1, -0.05) is 42.1 Å². The molecule has 0 fully saturated rings. The van der Waals surface area contributed by atoms with Gasteiger partial charge in [-0.2, -0.15) is 0 Å². The molecule has 1 N–H and O–H groups in total. The van der Waals surface area contributed by atoms with Crippen LogP contribution in [0.2, 0.25) is 0 Å². The predicted octanol–water partition coefficient (Wildman–Crippen LogP) is 3.86. The molecule has 28 heavy (non-hydrogen) atoms. The van der Waals surface area contributed by atoms with Gasteiger partial charge in [0.15, 0.2) is 11.0 Å². The topological polar surface area (TPSA) is 77.6 Å². The van der Waals surface area contributed by atoms with Gasteiger partial charge in [-0.3, -0.25) is 9.47 Å².